The lowest BCUT2D eigenvalue weighted by atomic mass is 9.90. The molecule has 0 aliphatic rings. The minimum Gasteiger partial charge on any atom is -0.135 e. The maximum atomic E-state index is 2.35. The van der Waals surface area contributed by atoms with Crippen LogP contribution in [0.5, 0.6) is 0 Å². The Morgan fingerprint density at radius 3 is 1.31 bits per heavy atom. The Labute approximate surface area is 301 Å². The van der Waals surface area contributed by atoms with Crippen LogP contribution in [0.3, 0.4) is 0 Å². The monoisotopic (exact) mass is 664 g/mol. The van der Waals surface area contributed by atoms with Gasteiger partial charge in [0.1, 0.15) is 0 Å². The third kappa shape index (κ3) is 5.40. The summed E-state index contributed by atoms with van der Waals surface area (Å²) in [6, 6.07) is 71.4. The third-order valence-electron chi connectivity index (χ3n) is 10.2. The lowest BCUT2D eigenvalue weighted by Gasteiger charge is -2.14. The summed E-state index contributed by atoms with van der Waals surface area (Å²) in [5, 5.41) is 7.67. The smallest absolute Gasteiger partial charge is 0.0433 e. The van der Waals surface area contributed by atoms with Crippen LogP contribution >= 0.6 is 11.3 Å². The molecule has 0 fully saturated rings. The molecule has 0 saturated carbocycles. The van der Waals surface area contributed by atoms with E-state index in [-0.39, 0.29) is 0 Å². The Kier molecular flexibility index (Phi) is 7.11. The minimum absolute atomic E-state index is 1.20. The number of rotatable bonds is 5. The molecule has 0 aliphatic heterocycles. The third-order valence-corrected chi connectivity index (χ3v) is 11.4. The molecule has 0 nitrogen and oxygen atoms in total. The molecule has 0 unspecified atom stereocenters. The quantitative estimate of drug-likeness (QED) is 0.172. The second-order valence-electron chi connectivity index (χ2n) is 13.4. The lowest BCUT2D eigenvalue weighted by Crippen LogP contribution is -1.88. The van der Waals surface area contributed by atoms with Crippen molar-refractivity contribution in [3.8, 4) is 55.6 Å². The number of hydrogen-bond acceptors (Lipinski definition) is 1. The Morgan fingerprint density at radius 1 is 0.255 bits per heavy atom. The SMILES string of the molecule is c1cc(-c2cc(-c3ccc4ccccc4c3)cc(-c3ccc4ccccc4c3)c2)cc(-c2cccc(-c3cccc4c3sc3ccccc34)c2)c1. The summed E-state index contributed by atoms with van der Waals surface area (Å²) >= 11 is 1.88. The van der Waals surface area contributed by atoms with E-state index in [1.165, 1.54) is 97.4 Å². The number of hydrogen-bond donors (Lipinski definition) is 0. The van der Waals surface area contributed by atoms with E-state index in [1.54, 1.807) is 0 Å². The van der Waals surface area contributed by atoms with Gasteiger partial charge in [-0.3, -0.25) is 0 Å². The van der Waals surface area contributed by atoms with Gasteiger partial charge >= 0.3 is 0 Å². The highest BCUT2D eigenvalue weighted by molar-refractivity contribution is 7.26. The average Bonchev–Trinajstić information content (AvgIpc) is 3.59. The van der Waals surface area contributed by atoms with Gasteiger partial charge in [0.2, 0.25) is 0 Å². The minimum atomic E-state index is 1.20. The summed E-state index contributed by atoms with van der Waals surface area (Å²) < 4.78 is 2.68. The van der Waals surface area contributed by atoms with Crippen molar-refractivity contribution in [2.24, 2.45) is 0 Å². The van der Waals surface area contributed by atoms with Gasteiger partial charge < -0.3 is 0 Å². The zero-order chi connectivity index (χ0) is 33.7. The van der Waals surface area contributed by atoms with Crippen molar-refractivity contribution in [2.75, 3.05) is 0 Å². The van der Waals surface area contributed by atoms with E-state index < -0.39 is 0 Å². The van der Waals surface area contributed by atoms with Crippen LogP contribution in [0.4, 0.5) is 0 Å². The molecule has 0 aliphatic carbocycles. The zero-order valence-electron chi connectivity index (χ0n) is 27.9. The molecular weight excluding hydrogens is 633 g/mol. The predicted molar refractivity (Wildman–Crippen MR) is 222 cm³/mol. The summed E-state index contributed by atoms with van der Waals surface area (Å²) in [6.07, 6.45) is 0. The average molecular weight is 665 g/mol. The Balaban J connectivity index is 1.09. The Bertz CT molecular complexity index is 2830. The normalized spacial score (nSPS) is 11.5. The van der Waals surface area contributed by atoms with E-state index in [9.17, 15) is 0 Å². The van der Waals surface area contributed by atoms with Crippen LogP contribution in [0.2, 0.25) is 0 Å². The standard InChI is InChI=1S/C50H32S/c1-3-12-35-26-40(24-22-33(35)10-1)44-30-43(31-45(32-44)41-25-23-34-11-2-4-13-36(34)27-41)39-16-7-14-37(28-39)38-15-8-17-42(29-38)46-19-9-20-48-47-18-5-6-21-49(47)51-50(46)48/h1-32H. The van der Waals surface area contributed by atoms with Gasteiger partial charge in [0.05, 0.1) is 0 Å². The van der Waals surface area contributed by atoms with E-state index >= 15 is 0 Å². The first-order valence-electron chi connectivity index (χ1n) is 17.5. The molecule has 0 spiro atoms. The van der Waals surface area contributed by atoms with Crippen molar-refractivity contribution < 1.29 is 0 Å². The molecular formula is C50H32S. The van der Waals surface area contributed by atoms with Gasteiger partial charge in [-0.25, -0.2) is 0 Å². The first kappa shape index (κ1) is 29.6. The first-order chi connectivity index (χ1) is 25.2. The molecule has 1 aromatic heterocycles. The van der Waals surface area contributed by atoms with Crippen molar-refractivity contribution in [2.45, 2.75) is 0 Å². The van der Waals surface area contributed by atoms with Gasteiger partial charge in [-0.2, -0.15) is 0 Å². The highest BCUT2D eigenvalue weighted by Crippen LogP contribution is 2.41. The second-order valence-corrected chi connectivity index (χ2v) is 14.4. The van der Waals surface area contributed by atoms with Gasteiger partial charge in [-0.1, -0.05) is 146 Å². The predicted octanol–water partition coefficient (Wildman–Crippen LogP) is 14.7. The highest BCUT2D eigenvalue weighted by atomic mass is 32.1. The second kappa shape index (κ2) is 12.2. The summed E-state index contributed by atoms with van der Waals surface area (Å²) in [4.78, 5) is 0. The summed E-state index contributed by atoms with van der Waals surface area (Å²) in [5.74, 6) is 0. The maximum Gasteiger partial charge on any atom is 0.0433 e. The van der Waals surface area contributed by atoms with Crippen molar-refractivity contribution in [1.29, 1.82) is 0 Å². The topological polar surface area (TPSA) is 0 Å². The molecule has 51 heavy (non-hydrogen) atoms. The van der Waals surface area contributed by atoms with E-state index in [0.29, 0.717) is 0 Å². The van der Waals surface area contributed by atoms with Gasteiger partial charge in [0.25, 0.3) is 0 Å². The fourth-order valence-corrected chi connectivity index (χ4v) is 8.82. The molecule has 0 radical (unpaired) electrons. The fraction of sp³-hybridized carbons (Fsp3) is 0. The molecule has 0 bridgehead atoms. The largest absolute Gasteiger partial charge is 0.135 e. The summed E-state index contributed by atoms with van der Waals surface area (Å²) in [6.45, 7) is 0. The number of fused-ring (bicyclic) bond motifs is 5. The van der Waals surface area contributed by atoms with Crippen molar-refractivity contribution >= 4 is 53.1 Å². The van der Waals surface area contributed by atoms with Gasteiger partial charge in [-0.15, -0.1) is 11.3 Å². The molecule has 0 amide bonds. The Hall–Kier alpha value is -6.28. The van der Waals surface area contributed by atoms with Crippen molar-refractivity contribution in [3.63, 3.8) is 0 Å². The highest BCUT2D eigenvalue weighted by Gasteiger charge is 2.13. The first-order valence-corrected chi connectivity index (χ1v) is 18.3. The molecule has 10 rings (SSSR count). The van der Waals surface area contributed by atoms with E-state index in [1.807, 2.05) is 11.3 Å². The van der Waals surface area contributed by atoms with Crippen LogP contribution < -0.4 is 0 Å². The van der Waals surface area contributed by atoms with Gasteiger partial charge in [0.15, 0.2) is 0 Å². The molecule has 0 atom stereocenters. The fourth-order valence-electron chi connectivity index (χ4n) is 7.58. The van der Waals surface area contributed by atoms with Crippen LogP contribution in [0.1, 0.15) is 0 Å². The van der Waals surface area contributed by atoms with Crippen LogP contribution in [-0.4, -0.2) is 0 Å². The maximum absolute atomic E-state index is 2.35. The van der Waals surface area contributed by atoms with Crippen molar-refractivity contribution in [3.05, 3.63) is 194 Å². The van der Waals surface area contributed by atoms with Crippen LogP contribution in [0.15, 0.2) is 194 Å². The molecule has 1 heteroatoms. The molecule has 0 saturated heterocycles. The molecule has 1 heterocycles. The summed E-state index contributed by atoms with van der Waals surface area (Å²) in [7, 11) is 0. The number of thiophene rings is 1. The Morgan fingerprint density at radius 2 is 0.686 bits per heavy atom. The van der Waals surface area contributed by atoms with Crippen LogP contribution in [0.25, 0.3) is 97.4 Å². The van der Waals surface area contributed by atoms with Gasteiger partial charge in [-0.05, 0) is 126 Å². The van der Waals surface area contributed by atoms with E-state index in [2.05, 4.69) is 194 Å². The molecule has 10 aromatic rings. The van der Waals surface area contributed by atoms with Crippen molar-refractivity contribution in [1.82, 2.24) is 0 Å². The number of benzene rings is 9. The zero-order valence-corrected chi connectivity index (χ0v) is 28.7. The van der Waals surface area contributed by atoms with E-state index in [0.717, 1.165) is 0 Å². The lowest BCUT2D eigenvalue weighted by molar-refractivity contribution is 1.56. The van der Waals surface area contributed by atoms with Gasteiger partial charge in [0, 0.05) is 20.2 Å². The molecule has 9 aromatic carbocycles. The molecule has 238 valence electrons. The summed E-state index contributed by atoms with van der Waals surface area (Å²) in [5.41, 5.74) is 12.2. The van der Waals surface area contributed by atoms with E-state index in [4.69, 9.17) is 0 Å². The van der Waals surface area contributed by atoms with Crippen LogP contribution in [0, 0.1) is 0 Å². The molecule has 0 N–H and O–H groups in total. The van der Waals surface area contributed by atoms with Crippen LogP contribution in [-0.2, 0) is 0 Å².